The number of aromatic nitrogens is 1. The molecule has 124 valence electrons. The fourth-order valence-electron chi connectivity index (χ4n) is 2.74. The molecule has 1 aliphatic heterocycles. The summed E-state index contributed by atoms with van der Waals surface area (Å²) in [7, 11) is 0. The first-order valence-electron chi connectivity index (χ1n) is 7.86. The van der Waals surface area contributed by atoms with Crippen molar-refractivity contribution >= 4 is 23.4 Å². The molecule has 2 aromatic rings. The van der Waals surface area contributed by atoms with E-state index < -0.39 is 0 Å². The Kier molecular flexibility index (Phi) is 5.11. The Bertz CT molecular complexity index is 728. The van der Waals surface area contributed by atoms with Gasteiger partial charge in [-0.2, -0.15) is 0 Å². The van der Waals surface area contributed by atoms with Crippen molar-refractivity contribution in [2.24, 2.45) is 0 Å². The van der Waals surface area contributed by atoms with Gasteiger partial charge in [0.05, 0.1) is 6.42 Å². The maximum atomic E-state index is 12.4. The van der Waals surface area contributed by atoms with Crippen molar-refractivity contribution in [2.75, 3.05) is 26.2 Å². The largest absolute Gasteiger partial charge is 0.339 e. The van der Waals surface area contributed by atoms with E-state index in [2.05, 4.69) is 4.98 Å². The van der Waals surface area contributed by atoms with Crippen LogP contribution in [0.5, 0.6) is 0 Å². The second-order valence-electron chi connectivity index (χ2n) is 5.69. The van der Waals surface area contributed by atoms with E-state index in [0.29, 0.717) is 43.3 Å². The molecule has 1 fully saturated rings. The summed E-state index contributed by atoms with van der Waals surface area (Å²) in [6, 6.07) is 12.6. The molecule has 1 aromatic heterocycles. The Morgan fingerprint density at radius 2 is 1.75 bits per heavy atom. The van der Waals surface area contributed by atoms with Gasteiger partial charge in [-0.1, -0.05) is 29.8 Å². The first-order chi connectivity index (χ1) is 11.6. The second kappa shape index (κ2) is 7.45. The van der Waals surface area contributed by atoms with Crippen LogP contribution in [0.4, 0.5) is 0 Å². The van der Waals surface area contributed by atoms with Gasteiger partial charge in [0.2, 0.25) is 5.91 Å². The van der Waals surface area contributed by atoms with Crippen molar-refractivity contribution in [1.29, 1.82) is 0 Å². The smallest absolute Gasteiger partial charge is 0.272 e. The molecule has 0 bridgehead atoms. The highest BCUT2D eigenvalue weighted by Crippen LogP contribution is 2.13. The first-order valence-corrected chi connectivity index (χ1v) is 8.24. The summed E-state index contributed by atoms with van der Waals surface area (Å²) in [5.74, 6) is -0.0280. The van der Waals surface area contributed by atoms with E-state index in [1.165, 1.54) is 0 Å². The van der Waals surface area contributed by atoms with Gasteiger partial charge in [-0.3, -0.25) is 14.6 Å². The molecule has 0 atom stereocenters. The molecule has 0 N–H and O–H groups in total. The molecular weight excluding hydrogens is 326 g/mol. The fourth-order valence-corrected chi connectivity index (χ4v) is 2.96. The lowest BCUT2D eigenvalue weighted by Gasteiger charge is -2.34. The van der Waals surface area contributed by atoms with Crippen molar-refractivity contribution in [2.45, 2.75) is 6.42 Å². The highest BCUT2D eigenvalue weighted by Gasteiger charge is 2.25. The van der Waals surface area contributed by atoms with E-state index in [9.17, 15) is 9.59 Å². The van der Waals surface area contributed by atoms with Gasteiger partial charge in [-0.05, 0) is 29.8 Å². The Morgan fingerprint density at radius 1 is 1.00 bits per heavy atom. The summed E-state index contributed by atoms with van der Waals surface area (Å²) in [6.07, 6.45) is 1.94. The predicted octanol–water partition coefficient (Wildman–Crippen LogP) is 2.26. The van der Waals surface area contributed by atoms with Gasteiger partial charge in [-0.15, -0.1) is 0 Å². The summed E-state index contributed by atoms with van der Waals surface area (Å²) in [5, 5.41) is 0.631. The third-order valence-corrected chi connectivity index (χ3v) is 4.28. The van der Waals surface area contributed by atoms with Gasteiger partial charge < -0.3 is 9.80 Å². The molecule has 24 heavy (non-hydrogen) atoms. The summed E-state index contributed by atoms with van der Waals surface area (Å²) < 4.78 is 0. The lowest BCUT2D eigenvalue weighted by atomic mass is 10.1. The van der Waals surface area contributed by atoms with Crippen LogP contribution in [0.1, 0.15) is 16.1 Å². The molecule has 0 saturated carbocycles. The van der Waals surface area contributed by atoms with Crippen LogP contribution in [-0.2, 0) is 11.2 Å². The predicted molar refractivity (Wildman–Crippen MR) is 91.9 cm³/mol. The normalized spacial score (nSPS) is 14.5. The quantitative estimate of drug-likeness (QED) is 0.859. The number of hydrogen-bond donors (Lipinski definition) is 0. The SMILES string of the molecule is O=C(Cc1cccc(Cl)c1)N1CCN(C(=O)c2ccccn2)CC1. The minimum Gasteiger partial charge on any atom is -0.339 e. The molecule has 0 unspecified atom stereocenters. The van der Waals surface area contributed by atoms with Crippen LogP contribution in [0.25, 0.3) is 0 Å². The molecule has 0 radical (unpaired) electrons. The Labute approximate surface area is 145 Å². The monoisotopic (exact) mass is 343 g/mol. The Balaban J connectivity index is 1.55. The average Bonchev–Trinajstić information content (AvgIpc) is 2.62. The molecule has 0 spiro atoms. The van der Waals surface area contributed by atoms with Crippen molar-refractivity contribution < 1.29 is 9.59 Å². The van der Waals surface area contributed by atoms with Crippen LogP contribution in [-0.4, -0.2) is 52.8 Å². The Hall–Kier alpha value is -2.40. The number of rotatable bonds is 3. The number of benzene rings is 1. The third kappa shape index (κ3) is 3.92. The molecule has 1 aromatic carbocycles. The standard InChI is InChI=1S/C18H18ClN3O2/c19-15-5-3-4-14(12-15)13-17(23)21-8-10-22(11-9-21)18(24)16-6-1-2-7-20-16/h1-7,12H,8-11,13H2. The van der Waals surface area contributed by atoms with E-state index >= 15 is 0 Å². The fraction of sp³-hybridized carbons (Fsp3) is 0.278. The van der Waals surface area contributed by atoms with E-state index in [0.717, 1.165) is 5.56 Å². The maximum Gasteiger partial charge on any atom is 0.272 e. The van der Waals surface area contributed by atoms with E-state index in [-0.39, 0.29) is 11.8 Å². The number of carbonyl (C=O) groups excluding carboxylic acids is 2. The average molecular weight is 344 g/mol. The third-order valence-electron chi connectivity index (χ3n) is 4.05. The van der Waals surface area contributed by atoms with Crippen LogP contribution in [0.15, 0.2) is 48.7 Å². The Morgan fingerprint density at radius 3 is 2.42 bits per heavy atom. The topological polar surface area (TPSA) is 53.5 Å². The highest BCUT2D eigenvalue weighted by atomic mass is 35.5. The molecular formula is C18H18ClN3O2. The van der Waals surface area contributed by atoms with Crippen molar-refractivity contribution in [3.05, 3.63) is 64.9 Å². The summed E-state index contributed by atoms with van der Waals surface area (Å²) in [5.41, 5.74) is 1.34. The number of amides is 2. The first kappa shape index (κ1) is 16.5. The van der Waals surface area contributed by atoms with E-state index in [4.69, 9.17) is 11.6 Å². The van der Waals surface area contributed by atoms with Crippen molar-refractivity contribution in [1.82, 2.24) is 14.8 Å². The molecule has 2 heterocycles. The van der Waals surface area contributed by atoms with Gasteiger partial charge in [0.1, 0.15) is 5.69 Å². The van der Waals surface area contributed by atoms with Crippen LogP contribution < -0.4 is 0 Å². The number of piperazine rings is 1. The number of pyridine rings is 1. The molecule has 2 amide bonds. The lowest BCUT2D eigenvalue weighted by Crippen LogP contribution is -2.51. The van der Waals surface area contributed by atoms with Crippen LogP contribution >= 0.6 is 11.6 Å². The van der Waals surface area contributed by atoms with Gasteiger partial charge in [-0.25, -0.2) is 0 Å². The molecule has 0 aliphatic carbocycles. The van der Waals surface area contributed by atoms with Gasteiger partial charge in [0, 0.05) is 37.4 Å². The molecule has 1 saturated heterocycles. The molecule has 1 aliphatic rings. The van der Waals surface area contributed by atoms with Crippen LogP contribution in [0.2, 0.25) is 5.02 Å². The molecule has 3 rings (SSSR count). The summed E-state index contributed by atoms with van der Waals surface area (Å²) in [6.45, 7) is 2.13. The molecule has 5 nitrogen and oxygen atoms in total. The van der Waals surface area contributed by atoms with Crippen LogP contribution in [0, 0.1) is 0 Å². The van der Waals surface area contributed by atoms with Gasteiger partial charge in [0.15, 0.2) is 0 Å². The minimum absolute atomic E-state index is 0.0576. The number of nitrogens with zero attached hydrogens (tertiary/aromatic N) is 3. The van der Waals surface area contributed by atoms with Gasteiger partial charge in [0.25, 0.3) is 5.91 Å². The summed E-state index contributed by atoms with van der Waals surface area (Å²) in [4.78, 5) is 32.4. The zero-order valence-corrected chi connectivity index (χ0v) is 13.9. The lowest BCUT2D eigenvalue weighted by molar-refractivity contribution is -0.131. The van der Waals surface area contributed by atoms with E-state index in [1.807, 2.05) is 12.1 Å². The van der Waals surface area contributed by atoms with Crippen molar-refractivity contribution in [3.63, 3.8) is 0 Å². The summed E-state index contributed by atoms with van der Waals surface area (Å²) >= 11 is 5.95. The number of hydrogen-bond acceptors (Lipinski definition) is 3. The number of carbonyl (C=O) groups is 2. The molecule has 6 heteroatoms. The maximum absolute atomic E-state index is 12.4. The number of halogens is 1. The van der Waals surface area contributed by atoms with E-state index in [1.54, 1.807) is 46.3 Å². The van der Waals surface area contributed by atoms with Crippen molar-refractivity contribution in [3.8, 4) is 0 Å². The highest BCUT2D eigenvalue weighted by molar-refractivity contribution is 6.30. The second-order valence-corrected chi connectivity index (χ2v) is 6.13. The van der Waals surface area contributed by atoms with Gasteiger partial charge >= 0.3 is 0 Å². The minimum atomic E-state index is -0.0856. The zero-order valence-electron chi connectivity index (χ0n) is 13.2. The van der Waals surface area contributed by atoms with Crippen LogP contribution in [0.3, 0.4) is 0 Å². The zero-order chi connectivity index (χ0) is 16.9.